The summed E-state index contributed by atoms with van der Waals surface area (Å²) in [5.74, 6) is -2.95. The summed E-state index contributed by atoms with van der Waals surface area (Å²) in [5, 5.41) is 9.38. The van der Waals surface area contributed by atoms with E-state index in [9.17, 15) is 31.9 Å². The monoisotopic (exact) mass is 490 g/mol. The number of halogens is 6. The first kappa shape index (κ1) is 21.5. The molecule has 0 bridgehead atoms. The van der Waals surface area contributed by atoms with E-state index in [1.807, 2.05) is 0 Å². The first-order valence-electron chi connectivity index (χ1n) is 9.24. The lowest BCUT2D eigenvalue weighted by molar-refractivity contribution is -0.137. The smallest absolute Gasteiger partial charge is 0.417 e. The molecule has 0 atom stereocenters. The largest absolute Gasteiger partial charge is 0.493 e. The summed E-state index contributed by atoms with van der Waals surface area (Å²) in [7, 11) is 0. The summed E-state index contributed by atoms with van der Waals surface area (Å²) in [6.45, 7) is 0.662. The number of thioether (sulfide) groups is 1. The van der Waals surface area contributed by atoms with Gasteiger partial charge in [-0.2, -0.15) is 18.2 Å². The zero-order chi connectivity index (χ0) is 23.0. The second-order valence-electron chi connectivity index (χ2n) is 7.85. The summed E-state index contributed by atoms with van der Waals surface area (Å²) in [5.41, 5.74) is -3.80. The molecule has 0 unspecified atom stereocenters. The third-order valence-electron chi connectivity index (χ3n) is 5.62. The maximum atomic E-state index is 14.8. The average molecular weight is 491 g/mol. The molecule has 5 rings (SSSR count). The number of aromatic nitrogens is 2. The fraction of sp³-hybridized carbons (Fsp3) is 0.300. The Bertz CT molecular complexity index is 1350. The molecule has 2 aromatic carbocycles. The third-order valence-corrected chi connectivity index (χ3v) is 7.35. The Morgan fingerprint density at radius 1 is 1.19 bits per heavy atom. The molecular weight excluding hydrogens is 479 g/mol. The molecule has 168 valence electrons. The molecule has 2 aliphatic heterocycles. The molecule has 2 aliphatic rings. The highest BCUT2D eigenvalue weighted by Crippen LogP contribution is 2.51. The summed E-state index contributed by atoms with van der Waals surface area (Å²) in [4.78, 5) is 16.0. The number of benzene rings is 2. The molecule has 0 amide bonds. The lowest BCUT2D eigenvalue weighted by Crippen LogP contribution is -2.49. The standard InChI is InChI=1S/C20H12ClF5N2O3S/c21-11-2-8(12(22)3-13(11)23)14-10(20(24,25)26)1-9-15-16(14)32-7-19(5-31-6-19)4-28(15)18(30)27-17(9)29/h1-3H,4-7H2,(H,27,29,30). The first-order chi connectivity index (χ1) is 15.0. The fourth-order valence-corrected chi connectivity index (χ4v) is 5.65. The molecule has 3 aromatic rings. The first-order valence-corrected chi connectivity index (χ1v) is 10.6. The van der Waals surface area contributed by atoms with Crippen molar-refractivity contribution in [3.63, 3.8) is 0 Å². The Morgan fingerprint density at radius 3 is 2.53 bits per heavy atom. The maximum Gasteiger partial charge on any atom is 0.417 e. The van der Waals surface area contributed by atoms with Gasteiger partial charge in [-0.1, -0.05) is 11.6 Å². The van der Waals surface area contributed by atoms with E-state index in [1.165, 1.54) is 4.57 Å². The number of hydrogen-bond acceptors (Lipinski definition) is 5. The van der Waals surface area contributed by atoms with Crippen LogP contribution in [0.25, 0.3) is 22.0 Å². The molecular formula is C20H12ClF5N2O3S. The van der Waals surface area contributed by atoms with E-state index in [0.29, 0.717) is 12.1 Å². The normalized spacial score (nSPS) is 17.4. The fourth-order valence-electron chi connectivity index (χ4n) is 4.06. The van der Waals surface area contributed by atoms with E-state index in [1.54, 1.807) is 0 Å². The number of aromatic hydroxyl groups is 1. The number of ether oxygens (including phenoxy) is 1. The molecule has 0 aliphatic carbocycles. The number of hydrogen-bond donors (Lipinski definition) is 1. The van der Waals surface area contributed by atoms with Gasteiger partial charge in [-0.05, 0) is 12.1 Å². The topological polar surface area (TPSA) is 64.3 Å². The van der Waals surface area contributed by atoms with Crippen LogP contribution in [-0.2, 0) is 17.5 Å². The van der Waals surface area contributed by atoms with Crippen molar-refractivity contribution in [3.8, 4) is 17.0 Å². The molecule has 1 fully saturated rings. The molecule has 0 saturated carbocycles. The highest BCUT2D eigenvalue weighted by atomic mass is 35.5. The van der Waals surface area contributed by atoms with E-state index in [0.717, 1.165) is 17.8 Å². The molecule has 1 aromatic heterocycles. The highest BCUT2D eigenvalue weighted by Gasteiger charge is 2.44. The van der Waals surface area contributed by atoms with E-state index in [-0.39, 0.29) is 41.3 Å². The van der Waals surface area contributed by atoms with Gasteiger partial charge in [0.25, 0.3) is 0 Å². The second-order valence-corrected chi connectivity index (χ2v) is 9.25. The van der Waals surface area contributed by atoms with Gasteiger partial charge in [0.1, 0.15) is 11.6 Å². The Labute approximate surface area is 185 Å². The van der Waals surface area contributed by atoms with Crippen LogP contribution in [0.5, 0.6) is 5.88 Å². The van der Waals surface area contributed by atoms with Gasteiger partial charge in [0, 0.05) is 39.8 Å². The van der Waals surface area contributed by atoms with E-state index >= 15 is 0 Å². The van der Waals surface area contributed by atoms with Crippen molar-refractivity contribution in [1.29, 1.82) is 0 Å². The van der Waals surface area contributed by atoms with Crippen molar-refractivity contribution in [3.05, 3.63) is 50.9 Å². The Morgan fingerprint density at radius 2 is 1.91 bits per heavy atom. The van der Waals surface area contributed by atoms with Crippen LogP contribution in [0.15, 0.2) is 27.9 Å². The van der Waals surface area contributed by atoms with Gasteiger partial charge in [0.05, 0.1) is 34.7 Å². The second kappa shape index (κ2) is 7.06. The molecule has 1 spiro atoms. The van der Waals surface area contributed by atoms with Crippen LogP contribution in [0.2, 0.25) is 5.02 Å². The number of nitrogens with zero attached hydrogens (tertiary/aromatic N) is 2. The van der Waals surface area contributed by atoms with Gasteiger partial charge >= 0.3 is 11.9 Å². The average Bonchev–Trinajstić information content (AvgIpc) is 2.86. The van der Waals surface area contributed by atoms with E-state index in [2.05, 4.69) is 4.98 Å². The van der Waals surface area contributed by atoms with Crippen LogP contribution in [0.1, 0.15) is 5.56 Å². The van der Waals surface area contributed by atoms with Crippen molar-refractivity contribution < 1.29 is 31.8 Å². The Kier molecular flexibility index (Phi) is 4.74. The Balaban J connectivity index is 1.95. The number of rotatable bonds is 1. The predicted molar refractivity (Wildman–Crippen MR) is 107 cm³/mol. The molecule has 32 heavy (non-hydrogen) atoms. The predicted octanol–water partition coefficient (Wildman–Crippen LogP) is 4.84. The van der Waals surface area contributed by atoms with Crippen LogP contribution in [0.3, 0.4) is 0 Å². The lowest BCUT2D eigenvalue weighted by atomic mass is 9.88. The lowest BCUT2D eigenvalue weighted by Gasteiger charge is -2.40. The summed E-state index contributed by atoms with van der Waals surface area (Å²) < 4.78 is 77.3. The van der Waals surface area contributed by atoms with Gasteiger partial charge in [0.15, 0.2) is 0 Å². The van der Waals surface area contributed by atoms with Crippen LogP contribution >= 0.6 is 23.4 Å². The van der Waals surface area contributed by atoms with Crippen LogP contribution in [-0.4, -0.2) is 33.6 Å². The SMILES string of the molecule is O=c1nc(O)c2cc(C(F)(F)F)c(-c3cc(Cl)c(F)cc3F)c3c2n1CC1(COC1)CS3. The maximum absolute atomic E-state index is 14.8. The van der Waals surface area contributed by atoms with Gasteiger partial charge in [-0.3, -0.25) is 4.57 Å². The van der Waals surface area contributed by atoms with Gasteiger partial charge in [0.2, 0.25) is 5.88 Å². The van der Waals surface area contributed by atoms with Crippen molar-refractivity contribution >= 4 is 34.3 Å². The van der Waals surface area contributed by atoms with Crippen LogP contribution < -0.4 is 5.69 Å². The van der Waals surface area contributed by atoms with Gasteiger partial charge in [-0.15, -0.1) is 11.8 Å². The summed E-state index contributed by atoms with van der Waals surface area (Å²) >= 11 is 6.76. The third kappa shape index (κ3) is 3.17. The molecule has 3 heterocycles. The van der Waals surface area contributed by atoms with Gasteiger partial charge in [-0.25, -0.2) is 13.6 Å². The van der Waals surface area contributed by atoms with Crippen LogP contribution in [0, 0.1) is 17.0 Å². The molecule has 1 saturated heterocycles. The van der Waals surface area contributed by atoms with Crippen molar-refractivity contribution in [2.45, 2.75) is 17.6 Å². The zero-order valence-electron chi connectivity index (χ0n) is 15.9. The molecule has 0 radical (unpaired) electrons. The highest BCUT2D eigenvalue weighted by molar-refractivity contribution is 7.99. The van der Waals surface area contributed by atoms with Crippen molar-refractivity contribution in [2.75, 3.05) is 19.0 Å². The zero-order valence-corrected chi connectivity index (χ0v) is 17.5. The van der Waals surface area contributed by atoms with Crippen molar-refractivity contribution in [1.82, 2.24) is 9.55 Å². The van der Waals surface area contributed by atoms with Crippen LogP contribution in [0.4, 0.5) is 22.0 Å². The molecule has 1 N–H and O–H groups in total. The number of alkyl halides is 3. The molecule has 12 heteroatoms. The summed E-state index contributed by atoms with van der Waals surface area (Å²) in [6, 6.07) is 1.82. The minimum Gasteiger partial charge on any atom is -0.493 e. The quantitative estimate of drug-likeness (QED) is 0.390. The minimum absolute atomic E-state index is 0.000813. The summed E-state index contributed by atoms with van der Waals surface area (Å²) in [6.07, 6.45) is -4.97. The van der Waals surface area contributed by atoms with E-state index in [4.69, 9.17) is 16.3 Å². The minimum atomic E-state index is -4.97. The molecule has 5 nitrogen and oxygen atoms in total. The van der Waals surface area contributed by atoms with E-state index < -0.39 is 56.5 Å². The van der Waals surface area contributed by atoms with Gasteiger partial charge < -0.3 is 9.84 Å². The Hall–Kier alpha value is -2.37. The van der Waals surface area contributed by atoms with Crippen molar-refractivity contribution in [2.24, 2.45) is 5.41 Å².